The highest BCUT2D eigenvalue weighted by atomic mass is 79.9. The van der Waals surface area contributed by atoms with E-state index in [1.165, 1.54) is 6.92 Å². The van der Waals surface area contributed by atoms with Gasteiger partial charge in [0.25, 0.3) is 0 Å². The molecule has 4 rings (SSSR count). The zero-order valence-electron chi connectivity index (χ0n) is 17.9. The first-order valence-electron chi connectivity index (χ1n) is 10.9. The molecule has 166 valence electrons. The molecule has 0 aromatic rings. The molecule has 0 aromatic carbocycles. The van der Waals surface area contributed by atoms with Crippen LogP contribution in [0, 0.1) is 22.7 Å². The standard InChI is InChI=1S/C23H31BrO6/c1-13(25)30-12-19(28)22(29)9-7-16-17-5-4-14-10-15(26)6-8-20(14,2)23(17,24)18(27)11-21(16,22)3/h10,16-18,27,29H,4-9,11-12H2,1-3H3/t16-,17-,18-,20-,21-,22-,23-/m0/s1. The Balaban J connectivity index is 1.71. The summed E-state index contributed by atoms with van der Waals surface area (Å²) in [4.78, 5) is 36.2. The molecule has 6 nitrogen and oxygen atoms in total. The Hall–Kier alpha value is -1.05. The Kier molecular flexibility index (Phi) is 5.15. The summed E-state index contributed by atoms with van der Waals surface area (Å²) in [6, 6.07) is 0. The number of hydrogen-bond donors (Lipinski definition) is 2. The van der Waals surface area contributed by atoms with Crippen LogP contribution in [0.3, 0.4) is 0 Å². The normalized spacial score (nSPS) is 47.6. The van der Waals surface area contributed by atoms with Gasteiger partial charge >= 0.3 is 5.97 Å². The van der Waals surface area contributed by atoms with Crippen molar-refractivity contribution in [2.45, 2.75) is 81.7 Å². The maximum absolute atomic E-state index is 12.9. The average Bonchev–Trinajstić information content (AvgIpc) is 2.94. The lowest BCUT2D eigenvalue weighted by atomic mass is 9.45. The van der Waals surface area contributed by atoms with Gasteiger partial charge in [0, 0.05) is 24.2 Å². The van der Waals surface area contributed by atoms with Gasteiger partial charge in [-0.25, -0.2) is 0 Å². The van der Waals surface area contributed by atoms with Crippen molar-refractivity contribution < 1.29 is 29.3 Å². The summed E-state index contributed by atoms with van der Waals surface area (Å²) in [5.41, 5.74) is -1.66. The molecule has 2 N–H and O–H groups in total. The van der Waals surface area contributed by atoms with E-state index in [4.69, 9.17) is 4.74 Å². The van der Waals surface area contributed by atoms with Crippen molar-refractivity contribution in [1.82, 2.24) is 0 Å². The molecule has 0 aliphatic heterocycles. The number of carbonyl (C=O) groups excluding carboxylic acids is 3. The lowest BCUT2D eigenvalue weighted by Crippen LogP contribution is -2.68. The molecular weight excluding hydrogens is 452 g/mol. The number of ether oxygens (including phenoxy) is 1. The number of esters is 1. The number of alkyl halides is 1. The van der Waals surface area contributed by atoms with Gasteiger partial charge in [-0.1, -0.05) is 35.4 Å². The van der Waals surface area contributed by atoms with E-state index in [9.17, 15) is 24.6 Å². The molecule has 4 aliphatic rings. The highest BCUT2D eigenvalue weighted by Gasteiger charge is 2.72. The van der Waals surface area contributed by atoms with Crippen LogP contribution in [0.5, 0.6) is 0 Å². The van der Waals surface area contributed by atoms with Gasteiger partial charge in [-0.15, -0.1) is 0 Å². The predicted octanol–water partition coefficient (Wildman–Crippen LogP) is 2.87. The fourth-order valence-corrected chi connectivity index (χ4v) is 8.48. The van der Waals surface area contributed by atoms with Gasteiger partial charge in [0.05, 0.1) is 10.4 Å². The number of Topliss-reactive ketones (excluding diaryl/α,β-unsaturated/α-hetero) is 1. The van der Waals surface area contributed by atoms with Gasteiger partial charge in [0.2, 0.25) is 5.78 Å². The predicted molar refractivity (Wildman–Crippen MR) is 113 cm³/mol. The monoisotopic (exact) mass is 482 g/mol. The average molecular weight is 483 g/mol. The third-order valence-electron chi connectivity index (χ3n) is 9.06. The fraction of sp³-hybridized carbons (Fsp3) is 0.783. The van der Waals surface area contributed by atoms with Gasteiger partial charge < -0.3 is 14.9 Å². The van der Waals surface area contributed by atoms with Gasteiger partial charge in [0.1, 0.15) is 5.60 Å². The summed E-state index contributed by atoms with van der Waals surface area (Å²) in [7, 11) is 0. The lowest BCUT2D eigenvalue weighted by molar-refractivity contribution is -0.177. The quantitative estimate of drug-likeness (QED) is 0.473. The van der Waals surface area contributed by atoms with Crippen LogP contribution in [-0.4, -0.2) is 50.4 Å². The smallest absolute Gasteiger partial charge is 0.303 e. The molecule has 0 unspecified atom stereocenters. The molecule has 7 atom stereocenters. The van der Waals surface area contributed by atoms with E-state index in [0.717, 1.165) is 18.4 Å². The molecule has 0 amide bonds. The minimum absolute atomic E-state index is 0.0440. The molecule has 0 saturated heterocycles. The van der Waals surface area contributed by atoms with Crippen molar-refractivity contribution in [2.75, 3.05) is 6.61 Å². The van der Waals surface area contributed by atoms with Crippen molar-refractivity contribution in [3.8, 4) is 0 Å². The van der Waals surface area contributed by atoms with Crippen molar-refractivity contribution in [2.24, 2.45) is 22.7 Å². The van der Waals surface area contributed by atoms with Gasteiger partial charge in [-0.2, -0.15) is 0 Å². The van der Waals surface area contributed by atoms with Crippen LogP contribution in [0.15, 0.2) is 11.6 Å². The molecule has 0 aromatic heterocycles. The Morgan fingerprint density at radius 1 is 1.20 bits per heavy atom. The molecular formula is C23H31BrO6. The summed E-state index contributed by atoms with van der Waals surface area (Å²) >= 11 is 4.00. The number of rotatable bonds is 3. The second-order valence-corrected chi connectivity index (χ2v) is 11.5. The van der Waals surface area contributed by atoms with Crippen LogP contribution < -0.4 is 0 Å². The van der Waals surface area contributed by atoms with E-state index in [2.05, 4.69) is 22.9 Å². The van der Waals surface area contributed by atoms with E-state index < -0.39 is 39.8 Å². The Bertz CT molecular complexity index is 838. The number of carbonyl (C=O) groups is 3. The Morgan fingerprint density at radius 3 is 2.57 bits per heavy atom. The van der Waals surface area contributed by atoms with Crippen LogP contribution in [0.2, 0.25) is 0 Å². The van der Waals surface area contributed by atoms with Crippen LogP contribution in [-0.2, 0) is 19.1 Å². The molecule has 0 radical (unpaired) electrons. The third kappa shape index (κ3) is 2.70. The number of ketones is 2. The van der Waals surface area contributed by atoms with Gasteiger partial charge in [-0.3, -0.25) is 14.4 Å². The van der Waals surface area contributed by atoms with E-state index in [0.29, 0.717) is 25.7 Å². The van der Waals surface area contributed by atoms with E-state index >= 15 is 0 Å². The van der Waals surface area contributed by atoms with E-state index in [-0.39, 0.29) is 29.5 Å². The molecule has 4 aliphatic carbocycles. The minimum atomic E-state index is -1.62. The van der Waals surface area contributed by atoms with E-state index in [1.54, 1.807) is 6.08 Å². The second kappa shape index (κ2) is 6.97. The Labute approximate surface area is 185 Å². The van der Waals surface area contributed by atoms with Crippen LogP contribution in [0.4, 0.5) is 0 Å². The zero-order valence-corrected chi connectivity index (χ0v) is 19.5. The first-order chi connectivity index (χ1) is 13.9. The zero-order chi connectivity index (χ0) is 22.1. The second-order valence-electron chi connectivity index (χ2n) is 10.2. The molecule has 0 spiro atoms. The van der Waals surface area contributed by atoms with Gasteiger partial charge in [-0.05, 0) is 56.4 Å². The summed E-state index contributed by atoms with van der Waals surface area (Å²) in [6.45, 7) is 4.85. The molecule has 7 heteroatoms. The van der Waals surface area contributed by atoms with Crippen molar-refractivity contribution in [3.63, 3.8) is 0 Å². The van der Waals surface area contributed by atoms with Crippen molar-refractivity contribution in [3.05, 3.63) is 11.6 Å². The molecule has 0 heterocycles. The first kappa shape index (κ1) is 22.2. The molecule has 3 fully saturated rings. The number of fused-ring (bicyclic) bond motifs is 5. The first-order valence-corrected chi connectivity index (χ1v) is 11.7. The number of aliphatic hydroxyl groups is 2. The maximum atomic E-state index is 12.9. The SMILES string of the molecule is CC(=O)OCC(=O)[C@@]1(O)CC[C@H]2[C@@H]3CCC4=CC(=O)CC[C@]4(C)[C@@]3(Br)[C@@H](O)C[C@@]21C. The lowest BCUT2D eigenvalue weighted by Gasteiger charge is -2.65. The van der Waals surface area contributed by atoms with Crippen LogP contribution in [0.25, 0.3) is 0 Å². The van der Waals surface area contributed by atoms with Crippen molar-refractivity contribution >= 4 is 33.5 Å². The maximum Gasteiger partial charge on any atom is 0.303 e. The summed E-state index contributed by atoms with van der Waals surface area (Å²) in [5.74, 6) is -0.776. The largest absolute Gasteiger partial charge is 0.458 e. The number of allylic oxidation sites excluding steroid dienone is 1. The topological polar surface area (TPSA) is 101 Å². The third-order valence-corrected chi connectivity index (χ3v) is 11.1. The number of aliphatic hydroxyl groups excluding tert-OH is 1. The van der Waals surface area contributed by atoms with Crippen molar-refractivity contribution in [1.29, 1.82) is 0 Å². The van der Waals surface area contributed by atoms with Gasteiger partial charge in [0.15, 0.2) is 12.4 Å². The number of halogens is 1. The summed E-state index contributed by atoms with van der Waals surface area (Å²) < 4.78 is 4.30. The Morgan fingerprint density at radius 2 is 1.90 bits per heavy atom. The fourth-order valence-electron chi connectivity index (χ4n) is 7.32. The molecule has 0 bridgehead atoms. The molecule has 3 saturated carbocycles. The summed E-state index contributed by atoms with van der Waals surface area (Å²) in [6.07, 6.45) is 5.00. The van der Waals surface area contributed by atoms with Crippen LogP contribution in [0.1, 0.15) is 65.7 Å². The highest BCUT2D eigenvalue weighted by Crippen LogP contribution is 2.71. The van der Waals surface area contributed by atoms with Crippen LogP contribution >= 0.6 is 15.9 Å². The minimum Gasteiger partial charge on any atom is -0.458 e. The van der Waals surface area contributed by atoms with E-state index in [1.807, 2.05) is 6.92 Å². The molecule has 30 heavy (non-hydrogen) atoms. The number of hydrogen-bond acceptors (Lipinski definition) is 6. The summed E-state index contributed by atoms with van der Waals surface area (Å²) in [5, 5.41) is 23.0. The highest BCUT2D eigenvalue weighted by molar-refractivity contribution is 9.10.